The molecule has 2 aliphatic heterocycles. The SMILES string of the molecule is O=C(NCCN1CCNCC1)Nc1ccc(OC2CCN(C3CCC3)CC2)cc1. The summed E-state index contributed by atoms with van der Waals surface area (Å²) in [6, 6.07) is 8.41. The van der Waals surface area contributed by atoms with Crippen molar-refractivity contribution in [2.24, 2.45) is 0 Å². The third-order valence-corrected chi connectivity index (χ3v) is 6.41. The lowest BCUT2D eigenvalue weighted by Crippen LogP contribution is -2.46. The van der Waals surface area contributed by atoms with E-state index in [2.05, 4.69) is 25.8 Å². The Hall–Kier alpha value is -1.83. The summed E-state index contributed by atoms with van der Waals surface area (Å²) >= 11 is 0. The van der Waals surface area contributed by atoms with Gasteiger partial charge in [0.15, 0.2) is 0 Å². The Kier molecular flexibility index (Phi) is 7.24. The van der Waals surface area contributed by atoms with Gasteiger partial charge in [-0.3, -0.25) is 4.90 Å². The molecule has 29 heavy (non-hydrogen) atoms. The molecule has 3 aliphatic rings. The van der Waals surface area contributed by atoms with Crippen LogP contribution in [0.1, 0.15) is 32.1 Å². The number of urea groups is 1. The summed E-state index contributed by atoms with van der Waals surface area (Å²) < 4.78 is 6.16. The summed E-state index contributed by atoms with van der Waals surface area (Å²) in [5.74, 6) is 0.886. The average molecular weight is 402 g/mol. The van der Waals surface area contributed by atoms with Crippen LogP contribution in [0.4, 0.5) is 10.5 Å². The number of piperazine rings is 1. The van der Waals surface area contributed by atoms with Gasteiger partial charge in [0.25, 0.3) is 0 Å². The van der Waals surface area contributed by atoms with Gasteiger partial charge < -0.3 is 25.6 Å². The predicted octanol–water partition coefficient (Wildman–Crippen LogP) is 2.11. The summed E-state index contributed by atoms with van der Waals surface area (Å²) in [5, 5.41) is 9.17. The Bertz CT molecular complexity index is 635. The lowest BCUT2D eigenvalue weighted by atomic mass is 9.90. The van der Waals surface area contributed by atoms with Gasteiger partial charge in [-0.1, -0.05) is 6.42 Å². The van der Waals surface area contributed by atoms with Gasteiger partial charge in [0.2, 0.25) is 0 Å². The average Bonchev–Trinajstić information content (AvgIpc) is 2.70. The van der Waals surface area contributed by atoms with Crippen LogP contribution in [-0.2, 0) is 0 Å². The molecule has 7 heteroatoms. The minimum Gasteiger partial charge on any atom is -0.490 e. The minimum atomic E-state index is -0.155. The number of carbonyl (C=O) groups excluding carboxylic acids is 1. The van der Waals surface area contributed by atoms with E-state index in [1.165, 1.54) is 19.3 Å². The molecule has 1 saturated carbocycles. The number of ether oxygens (including phenoxy) is 1. The molecule has 2 heterocycles. The number of anilines is 1. The number of hydrogen-bond donors (Lipinski definition) is 3. The van der Waals surface area contributed by atoms with Gasteiger partial charge >= 0.3 is 6.03 Å². The van der Waals surface area contributed by atoms with Crippen LogP contribution in [-0.4, -0.2) is 80.3 Å². The summed E-state index contributed by atoms with van der Waals surface area (Å²) in [5.41, 5.74) is 0.789. The molecule has 2 amide bonds. The molecule has 3 fully saturated rings. The fraction of sp³-hybridized carbons (Fsp3) is 0.682. The van der Waals surface area contributed by atoms with Crippen molar-refractivity contribution in [2.45, 2.75) is 44.2 Å². The van der Waals surface area contributed by atoms with Gasteiger partial charge in [-0.05, 0) is 49.9 Å². The second-order valence-corrected chi connectivity index (χ2v) is 8.43. The largest absolute Gasteiger partial charge is 0.490 e. The molecule has 7 nitrogen and oxygen atoms in total. The fourth-order valence-corrected chi connectivity index (χ4v) is 4.36. The molecule has 1 aromatic carbocycles. The van der Waals surface area contributed by atoms with E-state index in [4.69, 9.17) is 4.74 Å². The lowest BCUT2D eigenvalue weighted by Gasteiger charge is -2.41. The molecule has 0 unspecified atom stereocenters. The lowest BCUT2D eigenvalue weighted by molar-refractivity contribution is 0.0493. The Morgan fingerprint density at radius 1 is 1.03 bits per heavy atom. The zero-order valence-electron chi connectivity index (χ0n) is 17.4. The van der Waals surface area contributed by atoms with E-state index in [1.54, 1.807) is 0 Å². The van der Waals surface area contributed by atoms with Crippen LogP contribution < -0.4 is 20.7 Å². The molecular weight excluding hydrogens is 366 g/mol. The Morgan fingerprint density at radius 3 is 2.41 bits per heavy atom. The summed E-state index contributed by atoms with van der Waals surface area (Å²) in [7, 11) is 0. The highest BCUT2D eigenvalue weighted by Crippen LogP contribution is 2.28. The number of piperidine rings is 1. The van der Waals surface area contributed by atoms with Gasteiger partial charge in [-0.15, -0.1) is 0 Å². The van der Waals surface area contributed by atoms with E-state index in [1.807, 2.05) is 24.3 Å². The van der Waals surface area contributed by atoms with Crippen molar-refractivity contribution < 1.29 is 9.53 Å². The zero-order valence-corrected chi connectivity index (χ0v) is 17.4. The molecule has 160 valence electrons. The molecule has 4 rings (SSSR count). The van der Waals surface area contributed by atoms with Crippen molar-refractivity contribution >= 4 is 11.7 Å². The minimum absolute atomic E-state index is 0.155. The molecule has 3 N–H and O–H groups in total. The third-order valence-electron chi connectivity index (χ3n) is 6.41. The van der Waals surface area contributed by atoms with E-state index in [0.717, 1.165) is 76.1 Å². The Labute approximate surface area is 174 Å². The summed E-state index contributed by atoms with van der Waals surface area (Å²) in [6.07, 6.45) is 6.67. The van der Waals surface area contributed by atoms with Crippen LogP contribution in [0.3, 0.4) is 0 Å². The maximum Gasteiger partial charge on any atom is 0.319 e. The predicted molar refractivity (Wildman–Crippen MR) is 116 cm³/mol. The standard InChI is InChI=1S/C22H35N5O2/c28-22(24-12-17-26-15-10-23-11-16-26)25-18-4-6-20(7-5-18)29-21-8-13-27(14-9-21)19-2-1-3-19/h4-7,19,21,23H,1-3,8-17H2,(H2,24,25,28). The number of carbonyl (C=O) groups is 1. The number of nitrogens with zero attached hydrogens (tertiary/aromatic N) is 2. The summed E-state index contributed by atoms with van der Waals surface area (Å²) in [6.45, 7) is 8.01. The van der Waals surface area contributed by atoms with Gasteiger partial charge in [-0.2, -0.15) is 0 Å². The van der Waals surface area contributed by atoms with E-state index >= 15 is 0 Å². The fourth-order valence-electron chi connectivity index (χ4n) is 4.36. The van der Waals surface area contributed by atoms with E-state index in [9.17, 15) is 4.79 Å². The van der Waals surface area contributed by atoms with Gasteiger partial charge in [-0.25, -0.2) is 4.79 Å². The summed E-state index contributed by atoms with van der Waals surface area (Å²) in [4.78, 5) is 17.1. The first kappa shape index (κ1) is 20.4. The van der Waals surface area contributed by atoms with Crippen LogP contribution in [0.25, 0.3) is 0 Å². The van der Waals surface area contributed by atoms with Crippen LogP contribution in [0.2, 0.25) is 0 Å². The van der Waals surface area contributed by atoms with Crippen molar-refractivity contribution in [3.05, 3.63) is 24.3 Å². The number of benzene rings is 1. The van der Waals surface area contributed by atoms with Crippen molar-refractivity contribution in [2.75, 3.05) is 57.7 Å². The Morgan fingerprint density at radius 2 is 1.76 bits per heavy atom. The highest BCUT2D eigenvalue weighted by atomic mass is 16.5. The highest BCUT2D eigenvalue weighted by Gasteiger charge is 2.29. The molecule has 0 spiro atoms. The van der Waals surface area contributed by atoms with E-state index in [0.29, 0.717) is 12.6 Å². The number of likely N-dealkylation sites (tertiary alicyclic amines) is 1. The van der Waals surface area contributed by atoms with Crippen LogP contribution in [0, 0.1) is 0 Å². The molecule has 1 aromatic rings. The first-order valence-electron chi connectivity index (χ1n) is 11.2. The number of amides is 2. The van der Waals surface area contributed by atoms with Crippen LogP contribution in [0.5, 0.6) is 5.75 Å². The molecule has 0 bridgehead atoms. The molecule has 0 atom stereocenters. The number of rotatable bonds is 7. The van der Waals surface area contributed by atoms with Gasteiger partial charge in [0, 0.05) is 64.1 Å². The highest BCUT2D eigenvalue weighted by molar-refractivity contribution is 5.89. The normalized spacial score (nSPS) is 22.1. The second kappa shape index (κ2) is 10.3. The number of hydrogen-bond acceptors (Lipinski definition) is 5. The van der Waals surface area contributed by atoms with Crippen molar-refractivity contribution in [1.82, 2.24) is 20.4 Å². The van der Waals surface area contributed by atoms with Crippen LogP contribution in [0.15, 0.2) is 24.3 Å². The van der Waals surface area contributed by atoms with Crippen molar-refractivity contribution in [3.63, 3.8) is 0 Å². The first-order valence-corrected chi connectivity index (χ1v) is 11.2. The second-order valence-electron chi connectivity index (χ2n) is 8.43. The molecule has 2 saturated heterocycles. The van der Waals surface area contributed by atoms with Crippen molar-refractivity contribution in [3.8, 4) is 5.75 Å². The smallest absolute Gasteiger partial charge is 0.319 e. The number of nitrogens with one attached hydrogen (secondary N) is 3. The maximum absolute atomic E-state index is 12.1. The monoisotopic (exact) mass is 401 g/mol. The molecule has 1 aliphatic carbocycles. The van der Waals surface area contributed by atoms with Crippen LogP contribution >= 0.6 is 0 Å². The maximum atomic E-state index is 12.1. The van der Waals surface area contributed by atoms with Gasteiger partial charge in [0.05, 0.1) is 0 Å². The molecule has 0 aromatic heterocycles. The Balaban J connectivity index is 1.14. The topological polar surface area (TPSA) is 68.9 Å². The van der Waals surface area contributed by atoms with E-state index < -0.39 is 0 Å². The molecular formula is C22H35N5O2. The van der Waals surface area contributed by atoms with Gasteiger partial charge in [0.1, 0.15) is 11.9 Å². The third kappa shape index (κ3) is 6.07. The zero-order chi connectivity index (χ0) is 19.9. The van der Waals surface area contributed by atoms with E-state index in [-0.39, 0.29) is 6.03 Å². The molecule has 0 radical (unpaired) electrons. The van der Waals surface area contributed by atoms with Crippen molar-refractivity contribution in [1.29, 1.82) is 0 Å². The quantitative estimate of drug-likeness (QED) is 0.653. The first-order chi connectivity index (χ1) is 14.3.